The summed E-state index contributed by atoms with van der Waals surface area (Å²) in [5.74, 6) is 0.652. The van der Waals surface area contributed by atoms with Crippen molar-refractivity contribution in [2.75, 3.05) is 53.7 Å². The van der Waals surface area contributed by atoms with Gasteiger partial charge in [0.2, 0.25) is 0 Å². The number of hydrogen-bond donors (Lipinski definition) is 1. The Labute approximate surface area is 113 Å². The number of anilines is 1. The highest BCUT2D eigenvalue weighted by Gasteiger charge is 2.16. The molecule has 1 N–H and O–H groups in total. The summed E-state index contributed by atoms with van der Waals surface area (Å²) < 4.78 is 5.09. The van der Waals surface area contributed by atoms with Crippen LogP contribution in [0.25, 0.3) is 0 Å². The van der Waals surface area contributed by atoms with E-state index in [1.165, 1.54) is 13.3 Å². The molecule has 0 atom stereocenters. The van der Waals surface area contributed by atoms with E-state index < -0.39 is 0 Å². The van der Waals surface area contributed by atoms with Crippen LogP contribution in [0.1, 0.15) is 10.5 Å². The Balaban J connectivity index is 2.81. The predicted molar refractivity (Wildman–Crippen MR) is 73.6 cm³/mol. The van der Waals surface area contributed by atoms with Gasteiger partial charge in [0.25, 0.3) is 11.8 Å². The van der Waals surface area contributed by atoms with Crippen molar-refractivity contribution in [3.63, 3.8) is 0 Å². The Hall–Kier alpha value is -1.89. The van der Waals surface area contributed by atoms with Crippen molar-refractivity contribution < 1.29 is 9.53 Å². The van der Waals surface area contributed by atoms with Crippen molar-refractivity contribution in [3.8, 4) is 5.88 Å². The molecule has 0 bridgehead atoms. The van der Waals surface area contributed by atoms with Crippen LogP contribution in [-0.2, 0) is 0 Å². The lowest BCUT2D eigenvalue weighted by atomic mass is 10.3. The minimum absolute atomic E-state index is 0.171. The van der Waals surface area contributed by atoms with E-state index in [0.717, 1.165) is 6.54 Å². The number of ether oxygens (including phenoxy) is 1. The van der Waals surface area contributed by atoms with Gasteiger partial charge in [-0.2, -0.15) is 0 Å². The molecule has 1 aromatic rings. The van der Waals surface area contributed by atoms with Crippen molar-refractivity contribution in [1.82, 2.24) is 19.8 Å². The Morgan fingerprint density at radius 3 is 2.58 bits per heavy atom. The number of carbonyl (C=O) groups is 1. The van der Waals surface area contributed by atoms with Crippen LogP contribution in [-0.4, -0.2) is 74.1 Å². The molecular weight excluding hydrogens is 246 g/mol. The normalized spacial score (nSPS) is 10.4. The molecule has 0 saturated carbocycles. The monoisotopic (exact) mass is 267 g/mol. The second kappa shape index (κ2) is 6.89. The summed E-state index contributed by atoms with van der Waals surface area (Å²) in [5.41, 5.74) is 0.275. The molecule has 0 saturated heterocycles. The van der Waals surface area contributed by atoms with E-state index in [1.807, 2.05) is 19.0 Å². The molecule has 1 aromatic heterocycles. The summed E-state index contributed by atoms with van der Waals surface area (Å²) in [7, 11) is 8.88. The minimum atomic E-state index is -0.171. The largest absolute Gasteiger partial charge is 0.478 e. The lowest BCUT2D eigenvalue weighted by molar-refractivity contribution is 0.0779. The summed E-state index contributed by atoms with van der Waals surface area (Å²) in [6, 6.07) is 0. The maximum absolute atomic E-state index is 12.2. The maximum atomic E-state index is 12.2. The van der Waals surface area contributed by atoms with Gasteiger partial charge in [0.15, 0.2) is 11.5 Å². The molecule has 0 aromatic carbocycles. The number of nitrogens with one attached hydrogen (secondary N) is 1. The lowest BCUT2D eigenvalue weighted by Crippen LogP contribution is -2.34. The fourth-order valence-electron chi connectivity index (χ4n) is 1.44. The summed E-state index contributed by atoms with van der Waals surface area (Å²) >= 11 is 0. The molecule has 7 nitrogen and oxygen atoms in total. The summed E-state index contributed by atoms with van der Waals surface area (Å²) in [4.78, 5) is 24.0. The fourth-order valence-corrected chi connectivity index (χ4v) is 1.44. The second-order valence-corrected chi connectivity index (χ2v) is 4.39. The SMILES string of the molecule is CNc1ncc(C(=O)N(C)CCN(C)C)nc1OC. The van der Waals surface area contributed by atoms with Gasteiger partial charge in [0, 0.05) is 27.2 Å². The smallest absolute Gasteiger partial charge is 0.273 e. The predicted octanol–water partition coefficient (Wildman–Crippen LogP) is 0.161. The highest BCUT2D eigenvalue weighted by atomic mass is 16.5. The third kappa shape index (κ3) is 4.06. The van der Waals surface area contributed by atoms with E-state index >= 15 is 0 Å². The highest BCUT2D eigenvalue weighted by molar-refractivity contribution is 5.92. The third-order valence-electron chi connectivity index (χ3n) is 2.62. The first-order valence-electron chi connectivity index (χ1n) is 5.98. The average Bonchev–Trinajstić information content (AvgIpc) is 2.42. The number of likely N-dealkylation sites (N-methyl/N-ethyl adjacent to an activating group) is 2. The Morgan fingerprint density at radius 1 is 1.37 bits per heavy atom. The number of carbonyl (C=O) groups excluding carboxylic acids is 1. The molecule has 0 spiro atoms. The van der Waals surface area contributed by atoms with Gasteiger partial charge >= 0.3 is 0 Å². The van der Waals surface area contributed by atoms with Crippen molar-refractivity contribution in [3.05, 3.63) is 11.9 Å². The maximum Gasteiger partial charge on any atom is 0.273 e. The van der Waals surface area contributed by atoms with Crippen LogP contribution in [0.3, 0.4) is 0 Å². The number of methoxy groups -OCH3 is 1. The van der Waals surface area contributed by atoms with Gasteiger partial charge in [0.05, 0.1) is 13.3 Å². The van der Waals surface area contributed by atoms with Gasteiger partial charge in [-0.1, -0.05) is 0 Å². The molecule has 0 unspecified atom stereocenters. The molecule has 106 valence electrons. The number of amides is 1. The summed E-state index contributed by atoms with van der Waals surface area (Å²) in [5, 5.41) is 2.85. The van der Waals surface area contributed by atoms with Crippen LogP contribution < -0.4 is 10.1 Å². The van der Waals surface area contributed by atoms with Gasteiger partial charge in [0.1, 0.15) is 0 Å². The number of aromatic nitrogens is 2. The van der Waals surface area contributed by atoms with Crippen molar-refractivity contribution in [2.45, 2.75) is 0 Å². The number of rotatable bonds is 6. The van der Waals surface area contributed by atoms with Gasteiger partial charge in [-0.3, -0.25) is 4.79 Å². The molecule has 1 amide bonds. The Morgan fingerprint density at radius 2 is 2.05 bits per heavy atom. The van der Waals surface area contributed by atoms with E-state index in [-0.39, 0.29) is 11.6 Å². The van der Waals surface area contributed by atoms with E-state index in [9.17, 15) is 4.79 Å². The standard InChI is InChI=1S/C12H21N5O2/c1-13-10-11(19-5)15-9(8-14-10)12(18)17(4)7-6-16(2)3/h8H,6-7H2,1-5H3,(H,13,14). The molecule has 19 heavy (non-hydrogen) atoms. The second-order valence-electron chi connectivity index (χ2n) is 4.39. The fraction of sp³-hybridized carbons (Fsp3) is 0.583. The lowest BCUT2D eigenvalue weighted by Gasteiger charge is -2.19. The van der Waals surface area contributed by atoms with Gasteiger partial charge in [-0.25, -0.2) is 9.97 Å². The first-order chi connectivity index (χ1) is 8.99. The molecule has 0 fully saturated rings. The molecule has 1 heterocycles. The molecular formula is C12H21N5O2. The minimum Gasteiger partial charge on any atom is -0.478 e. The van der Waals surface area contributed by atoms with Crippen LogP contribution in [0.15, 0.2) is 6.20 Å². The van der Waals surface area contributed by atoms with Crippen molar-refractivity contribution >= 4 is 11.7 Å². The Bertz CT molecular complexity index is 436. The number of nitrogens with zero attached hydrogens (tertiary/aromatic N) is 4. The van der Waals surface area contributed by atoms with Gasteiger partial charge in [-0.15, -0.1) is 0 Å². The molecule has 7 heteroatoms. The first kappa shape index (κ1) is 15.2. The van der Waals surface area contributed by atoms with Gasteiger partial charge < -0.3 is 19.9 Å². The van der Waals surface area contributed by atoms with E-state index in [1.54, 1.807) is 19.0 Å². The average molecular weight is 267 g/mol. The van der Waals surface area contributed by atoms with Crippen LogP contribution >= 0.6 is 0 Å². The van der Waals surface area contributed by atoms with Crippen molar-refractivity contribution in [1.29, 1.82) is 0 Å². The van der Waals surface area contributed by atoms with Crippen LogP contribution in [0.4, 0.5) is 5.82 Å². The first-order valence-corrected chi connectivity index (χ1v) is 5.98. The Kier molecular flexibility index (Phi) is 5.50. The quantitative estimate of drug-likeness (QED) is 0.792. The van der Waals surface area contributed by atoms with Gasteiger partial charge in [-0.05, 0) is 14.1 Å². The van der Waals surface area contributed by atoms with E-state index in [4.69, 9.17) is 4.74 Å². The summed E-state index contributed by atoms with van der Waals surface area (Å²) in [6.45, 7) is 1.42. The highest BCUT2D eigenvalue weighted by Crippen LogP contribution is 2.18. The van der Waals surface area contributed by atoms with Crippen LogP contribution in [0.2, 0.25) is 0 Å². The van der Waals surface area contributed by atoms with Crippen LogP contribution in [0, 0.1) is 0 Å². The molecule has 0 aliphatic carbocycles. The molecule has 1 rings (SSSR count). The topological polar surface area (TPSA) is 70.6 Å². The zero-order valence-electron chi connectivity index (χ0n) is 12.1. The zero-order valence-corrected chi connectivity index (χ0v) is 12.1. The van der Waals surface area contributed by atoms with E-state index in [2.05, 4.69) is 15.3 Å². The molecule has 0 radical (unpaired) electrons. The van der Waals surface area contributed by atoms with Crippen LogP contribution in [0.5, 0.6) is 5.88 Å². The van der Waals surface area contributed by atoms with E-state index in [0.29, 0.717) is 18.2 Å². The summed E-state index contributed by atoms with van der Waals surface area (Å²) in [6.07, 6.45) is 1.45. The third-order valence-corrected chi connectivity index (χ3v) is 2.62. The number of hydrogen-bond acceptors (Lipinski definition) is 6. The molecule has 0 aliphatic heterocycles. The molecule has 0 aliphatic rings. The van der Waals surface area contributed by atoms with Crippen molar-refractivity contribution in [2.24, 2.45) is 0 Å². The zero-order chi connectivity index (χ0) is 14.4.